The van der Waals surface area contributed by atoms with Gasteiger partial charge in [-0.25, -0.2) is 4.39 Å². The molecule has 1 aromatic carbocycles. The molecular weight excluding hydrogens is 221 g/mol. The summed E-state index contributed by atoms with van der Waals surface area (Å²) < 4.78 is 13.0. The predicted molar refractivity (Wildman–Crippen MR) is 64.5 cm³/mol. The molecule has 1 aromatic rings. The molecule has 0 bridgehead atoms. The Hall–Kier alpha value is -1.58. The van der Waals surface area contributed by atoms with Gasteiger partial charge in [-0.05, 0) is 30.5 Å². The van der Waals surface area contributed by atoms with Crippen molar-refractivity contribution in [2.45, 2.75) is 20.3 Å². The molecule has 0 saturated carbocycles. The van der Waals surface area contributed by atoms with Crippen molar-refractivity contribution in [3.63, 3.8) is 0 Å². The molecule has 0 aliphatic carbocycles. The second kappa shape index (κ2) is 5.66. The molecule has 94 valence electrons. The molecule has 1 rings (SSSR count). The first-order valence-electron chi connectivity index (χ1n) is 5.65. The Labute approximate surface area is 101 Å². The van der Waals surface area contributed by atoms with Gasteiger partial charge in [0.05, 0.1) is 5.56 Å². The SMILES string of the molecule is CC(C)CCN(C)C(=O)c1cc(F)ccc1O. The zero-order chi connectivity index (χ0) is 13.0. The molecule has 0 aromatic heterocycles. The van der Waals surface area contributed by atoms with Crippen molar-refractivity contribution >= 4 is 5.91 Å². The fourth-order valence-corrected chi connectivity index (χ4v) is 1.44. The van der Waals surface area contributed by atoms with Crippen LogP contribution in [-0.2, 0) is 0 Å². The summed E-state index contributed by atoms with van der Waals surface area (Å²) in [6, 6.07) is 3.38. The third kappa shape index (κ3) is 3.73. The van der Waals surface area contributed by atoms with E-state index in [1.165, 1.54) is 11.0 Å². The molecule has 0 heterocycles. The minimum absolute atomic E-state index is 0.0104. The number of hydrogen-bond donors (Lipinski definition) is 1. The maximum atomic E-state index is 13.0. The lowest BCUT2D eigenvalue weighted by Gasteiger charge is -2.18. The van der Waals surface area contributed by atoms with E-state index in [2.05, 4.69) is 13.8 Å². The smallest absolute Gasteiger partial charge is 0.257 e. The third-order valence-corrected chi connectivity index (χ3v) is 2.58. The largest absolute Gasteiger partial charge is 0.507 e. The number of benzene rings is 1. The Bertz CT molecular complexity index is 404. The van der Waals surface area contributed by atoms with E-state index in [0.29, 0.717) is 12.5 Å². The topological polar surface area (TPSA) is 40.5 Å². The second-order valence-electron chi connectivity index (χ2n) is 4.57. The number of nitrogens with zero attached hydrogens (tertiary/aromatic N) is 1. The van der Waals surface area contributed by atoms with E-state index in [4.69, 9.17) is 0 Å². The van der Waals surface area contributed by atoms with E-state index in [0.717, 1.165) is 18.6 Å². The van der Waals surface area contributed by atoms with Crippen LogP contribution in [0.5, 0.6) is 5.75 Å². The molecular formula is C13H18FNO2. The summed E-state index contributed by atoms with van der Waals surface area (Å²) in [5, 5.41) is 9.52. The molecule has 4 heteroatoms. The summed E-state index contributed by atoms with van der Waals surface area (Å²) in [7, 11) is 1.65. The Morgan fingerprint density at radius 3 is 2.71 bits per heavy atom. The van der Waals surface area contributed by atoms with Crippen LogP contribution in [0.4, 0.5) is 4.39 Å². The monoisotopic (exact) mass is 239 g/mol. The predicted octanol–water partition coefficient (Wildman–Crippen LogP) is 2.65. The van der Waals surface area contributed by atoms with E-state index in [1.807, 2.05) is 0 Å². The third-order valence-electron chi connectivity index (χ3n) is 2.58. The highest BCUT2D eigenvalue weighted by Crippen LogP contribution is 2.19. The Morgan fingerprint density at radius 1 is 1.47 bits per heavy atom. The lowest BCUT2D eigenvalue weighted by Crippen LogP contribution is -2.28. The zero-order valence-electron chi connectivity index (χ0n) is 10.4. The molecule has 0 unspecified atom stereocenters. The average Bonchev–Trinajstić information content (AvgIpc) is 2.28. The van der Waals surface area contributed by atoms with Gasteiger partial charge in [0.1, 0.15) is 11.6 Å². The Morgan fingerprint density at radius 2 is 2.12 bits per heavy atom. The number of amides is 1. The van der Waals surface area contributed by atoms with Crippen LogP contribution in [-0.4, -0.2) is 29.5 Å². The van der Waals surface area contributed by atoms with Crippen molar-refractivity contribution in [1.82, 2.24) is 4.90 Å². The van der Waals surface area contributed by atoms with Gasteiger partial charge < -0.3 is 10.0 Å². The molecule has 0 fully saturated rings. The van der Waals surface area contributed by atoms with Crippen molar-refractivity contribution in [1.29, 1.82) is 0 Å². The molecule has 0 radical (unpaired) electrons. The molecule has 0 aliphatic rings. The lowest BCUT2D eigenvalue weighted by atomic mass is 10.1. The molecule has 0 saturated heterocycles. The van der Waals surface area contributed by atoms with Crippen LogP contribution in [0.1, 0.15) is 30.6 Å². The number of phenols is 1. The molecule has 1 amide bonds. The van der Waals surface area contributed by atoms with E-state index in [-0.39, 0.29) is 17.2 Å². The first-order valence-corrected chi connectivity index (χ1v) is 5.65. The first kappa shape index (κ1) is 13.5. The van der Waals surface area contributed by atoms with Gasteiger partial charge in [0, 0.05) is 13.6 Å². The van der Waals surface area contributed by atoms with Crippen molar-refractivity contribution in [2.75, 3.05) is 13.6 Å². The Balaban J connectivity index is 2.78. The Kier molecular flexibility index (Phi) is 4.49. The van der Waals surface area contributed by atoms with Crippen molar-refractivity contribution < 1.29 is 14.3 Å². The summed E-state index contributed by atoms with van der Waals surface area (Å²) >= 11 is 0. The van der Waals surface area contributed by atoms with Crippen LogP contribution in [0.25, 0.3) is 0 Å². The minimum atomic E-state index is -0.525. The van der Waals surface area contributed by atoms with Crippen LogP contribution in [0.15, 0.2) is 18.2 Å². The molecule has 0 atom stereocenters. The first-order chi connectivity index (χ1) is 7.91. The normalized spacial score (nSPS) is 10.6. The fraction of sp³-hybridized carbons (Fsp3) is 0.462. The lowest BCUT2D eigenvalue weighted by molar-refractivity contribution is 0.0785. The van der Waals surface area contributed by atoms with Crippen LogP contribution < -0.4 is 0 Å². The van der Waals surface area contributed by atoms with Crippen LogP contribution in [0.3, 0.4) is 0 Å². The summed E-state index contributed by atoms with van der Waals surface area (Å²) in [6.07, 6.45) is 0.873. The maximum absolute atomic E-state index is 13.0. The molecule has 0 spiro atoms. The highest BCUT2D eigenvalue weighted by molar-refractivity contribution is 5.96. The zero-order valence-corrected chi connectivity index (χ0v) is 10.4. The van der Waals surface area contributed by atoms with Gasteiger partial charge in [0.2, 0.25) is 0 Å². The quantitative estimate of drug-likeness (QED) is 0.877. The number of hydrogen-bond acceptors (Lipinski definition) is 2. The van der Waals surface area contributed by atoms with E-state index < -0.39 is 5.82 Å². The number of rotatable bonds is 4. The highest BCUT2D eigenvalue weighted by atomic mass is 19.1. The summed E-state index contributed by atoms with van der Waals surface area (Å²) in [5.74, 6) is -0.579. The molecule has 0 aliphatic heterocycles. The number of phenolic OH excluding ortho intramolecular Hbond substituents is 1. The average molecular weight is 239 g/mol. The van der Waals surface area contributed by atoms with Gasteiger partial charge in [-0.1, -0.05) is 13.8 Å². The second-order valence-corrected chi connectivity index (χ2v) is 4.57. The summed E-state index contributed by atoms with van der Waals surface area (Å²) in [5.41, 5.74) is 0.0104. The molecule has 17 heavy (non-hydrogen) atoms. The van der Waals surface area contributed by atoms with E-state index in [1.54, 1.807) is 7.05 Å². The number of carbonyl (C=O) groups is 1. The van der Waals surface area contributed by atoms with Crippen LogP contribution in [0.2, 0.25) is 0 Å². The van der Waals surface area contributed by atoms with Gasteiger partial charge in [-0.3, -0.25) is 4.79 Å². The molecule has 1 N–H and O–H groups in total. The van der Waals surface area contributed by atoms with Crippen LogP contribution in [0, 0.1) is 11.7 Å². The standard InChI is InChI=1S/C13H18FNO2/c1-9(2)6-7-15(3)13(17)11-8-10(14)4-5-12(11)16/h4-5,8-9,16H,6-7H2,1-3H3. The van der Waals surface area contributed by atoms with Crippen molar-refractivity contribution in [2.24, 2.45) is 5.92 Å². The summed E-state index contributed by atoms with van der Waals surface area (Å²) in [6.45, 7) is 4.72. The van der Waals surface area contributed by atoms with Crippen molar-refractivity contribution in [3.05, 3.63) is 29.6 Å². The van der Waals surface area contributed by atoms with Crippen molar-refractivity contribution in [3.8, 4) is 5.75 Å². The molecule has 3 nitrogen and oxygen atoms in total. The van der Waals surface area contributed by atoms with Gasteiger partial charge in [0.25, 0.3) is 5.91 Å². The van der Waals surface area contributed by atoms with E-state index in [9.17, 15) is 14.3 Å². The van der Waals surface area contributed by atoms with Gasteiger partial charge in [0.15, 0.2) is 0 Å². The maximum Gasteiger partial charge on any atom is 0.257 e. The van der Waals surface area contributed by atoms with Gasteiger partial charge in [-0.2, -0.15) is 0 Å². The number of carbonyl (C=O) groups excluding carboxylic acids is 1. The van der Waals surface area contributed by atoms with Gasteiger partial charge in [-0.15, -0.1) is 0 Å². The number of halogens is 1. The van der Waals surface area contributed by atoms with Crippen LogP contribution >= 0.6 is 0 Å². The number of aromatic hydroxyl groups is 1. The van der Waals surface area contributed by atoms with Gasteiger partial charge >= 0.3 is 0 Å². The highest BCUT2D eigenvalue weighted by Gasteiger charge is 2.16. The fourth-order valence-electron chi connectivity index (χ4n) is 1.44. The summed E-state index contributed by atoms with van der Waals surface area (Å²) in [4.78, 5) is 13.4. The van der Waals surface area contributed by atoms with E-state index >= 15 is 0 Å². The minimum Gasteiger partial charge on any atom is -0.507 e.